The van der Waals surface area contributed by atoms with Crippen LogP contribution in [0.4, 0.5) is 5.69 Å². The van der Waals surface area contributed by atoms with Crippen molar-refractivity contribution in [1.29, 1.82) is 0 Å². The first-order chi connectivity index (χ1) is 12.3. The molecule has 26 heavy (non-hydrogen) atoms. The minimum atomic E-state index is -0.457. The third kappa shape index (κ3) is 4.80. The van der Waals surface area contributed by atoms with Crippen LogP contribution < -0.4 is 10.6 Å². The minimum absolute atomic E-state index is 0.0108. The Morgan fingerprint density at radius 1 is 1.46 bits per heavy atom. The Morgan fingerprint density at radius 2 is 2.19 bits per heavy atom. The van der Waals surface area contributed by atoms with Crippen LogP contribution in [0, 0.1) is 24.0 Å². The van der Waals surface area contributed by atoms with E-state index < -0.39 is 4.92 Å². The Bertz CT molecular complexity index is 792. The first-order valence-electron chi connectivity index (χ1n) is 8.45. The van der Waals surface area contributed by atoms with Crippen LogP contribution in [0.3, 0.4) is 0 Å². The lowest BCUT2D eigenvalue weighted by Crippen LogP contribution is -2.44. The number of aryl methyl sites for hydroxylation is 2. The average Bonchev–Trinajstić information content (AvgIpc) is 3.15. The van der Waals surface area contributed by atoms with Crippen LogP contribution in [0.1, 0.15) is 23.9 Å². The molecule has 2 N–H and O–H groups in total. The number of nitro groups is 1. The molecule has 10 heteroatoms. The van der Waals surface area contributed by atoms with E-state index in [2.05, 4.69) is 39.7 Å². The van der Waals surface area contributed by atoms with Crippen molar-refractivity contribution in [3.63, 3.8) is 0 Å². The van der Waals surface area contributed by atoms with Gasteiger partial charge in [-0.25, -0.2) is 0 Å². The molecule has 2 aromatic heterocycles. The zero-order valence-electron chi connectivity index (χ0n) is 15.9. The van der Waals surface area contributed by atoms with E-state index in [0.717, 1.165) is 12.1 Å². The summed E-state index contributed by atoms with van der Waals surface area (Å²) >= 11 is 0. The molecular formula is C16H26N8O2. The van der Waals surface area contributed by atoms with Crippen molar-refractivity contribution in [2.45, 2.75) is 39.8 Å². The molecule has 10 nitrogen and oxygen atoms in total. The van der Waals surface area contributed by atoms with Gasteiger partial charge in [0.1, 0.15) is 12.4 Å². The molecule has 0 aliphatic heterocycles. The largest absolute Gasteiger partial charge is 0.355 e. The molecule has 0 aromatic carbocycles. The monoisotopic (exact) mass is 362 g/mol. The fraction of sp³-hybridized carbons (Fsp3) is 0.562. The molecule has 0 spiro atoms. The summed E-state index contributed by atoms with van der Waals surface area (Å²) in [6, 6.07) is 0.175. The van der Waals surface area contributed by atoms with Gasteiger partial charge in [-0.1, -0.05) is 0 Å². The highest BCUT2D eigenvalue weighted by atomic mass is 16.6. The topological polar surface area (TPSA) is 115 Å². The van der Waals surface area contributed by atoms with Gasteiger partial charge < -0.3 is 10.6 Å². The zero-order valence-corrected chi connectivity index (χ0v) is 15.9. The summed E-state index contributed by atoms with van der Waals surface area (Å²) in [7, 11) is 3.66. The van der Waals surface area contributed by atoms with Crippen molar-refractivity contribution < 1.29 is 4.92 Å². The molecule has 142 valence electrons. The average molecular weight is 362 g/mol. The first-order valence-corrected chi connectivity index (χ1v) is 8.45. The fourth-order valence-corrected chi connectivity index (χ4v) is 2.76. The van der Waals surface area contributed by atoms with Gasteiger partial charge in [0.05, 0.1) is 17.2 Å². The maximum atomic E-state index is 10.7. The Labute approximate surface area is 152 Å². The van der Waals surface area contributed by atoms with Crippen molar-refractivity contribution >= 4 is 11.6 Å². The van der Waals surface area contributed by atoms with E-state index in [1.807, 2.05) is 18.7 Å². The van der Waals surface area contributed by atoms with Gasteiger partial charge in [0.25, 0.3) is 0 Å². The molecule has 2 aromatic rings. The number of aromatic nitrogens is 4. The van der Waals surface area contributed by atoms with Crippen LogP contribution in [0.25, 0.3) is 0 Å². The second-order valence-corrected chi connectivity index (χ2v) is 6.24. The van der Waals surface area contributed by atoms with Crippen LogP contribution >= 0.6 is 0 Å². The number of nitrogens with one attached hydrogen (secondary N) is 2. The number of hydrogen-bond acceptors (Lipinski definition) is 5. The molecule has 0 aliphatic rings. The summed E-state index contributed by atoms with van der Waals surface area (Å²) in [5.74, 6) is 0.679. The summed E-state index contributed by atoms with van der Waals surface area (Å²) in [4.78, 5) is 14.4. The predicted molar refractivity (Wildman–Crippen MR) is 99.2 cm³/mol. The normalized spacial score (nSPS) is 12.9. The van der Waals surface area contributed by atoms with Gasteiger partial charge in [0.2, 0.25) is 0 Å². The lowest BCUT2D eigenvalue weighted by atomic mass is 10.1. The minimum Gasteiger partial charge on any atom is -0.355 e. The van der Waals surface area contributed by atoms with E-state index in [1.54, 1.807) is 7.05 Å². The van der Waals surface area contributed by atoms with Gasteiger partial charge in [-0.3, -0.25) is 24.5 Å². The van der Waals surface area contributed by atoms with E-state index in [4.69, 9.17) is 0 Å². The number of rotatable bonds is 7. The highest BCUT2D eigenvalue weighted by Crippen LogP contribution is 2.14. The smallest absolute Gasteiger partial charge is 0.306 e. The van der Waals surface area contributed by atoms with Gasteiger partial charge in [0.15, 0.2) is 5.96 Å². The van der Waals surface area contributed by atoms with Crippen LogP contribution in [-0.4, -0.2) is 50.1 Å². The number of hydrogen-bond donors (Lipinski definition) is 2. The standard InChI is InChI=1S/C16H26N8O2/c1-11(8-15-12(2)21-22(5)13(15)3)20-16(17-4)18-6-7-23-10-14(9-19-23)24(25)26/h9-11H,6-8H2,1-5H3,(H2,17,18,20). The highest BCUT2D eigenvalue weighted by molar-refractivity contribution is 5.79. The van der Waals surface area contributed by atoms with Gasteiger partial charge in [-0.2, -0.15) is 10.2 Å². The lowest BCUT2D eigenvalue weighted by Gasteiger charge is -2.18. The molecule has 0 bridgehead atoms. The zero-order chi connectivity index (χ0) is 19.3. The molecule has 2 rings (SSSR count). The van der Waals surface area contributed by atoms with Crippen molar-refractivity contribution in [2.24, 2.45) is 12.0 Å². The van der Waals surface area contributed by atoms with Crippen LogP contribution in [0.2, 0.25) is 0 Å². The quantitative estimate of drug-likeness (QED) is 0.328. The molecule has 2 heterocycles. The van der Waals surface area contributed by atoms with Crippen LogP contribution in [-0.2, 0) is 20.0 Å². The van der Waals surface area contributed by atoms with Crippen molar-refractivity contribution in [1.82, 2.24) is 30.2 Å². The number of aliphatic imine (C=N–C) groups is 1. The molecule has 0 saturated heterocycles. The fourth-order valence-electron chi connectivity index (χ4n) is 2.76. The first kappa shape index (κ1) is 19.4. The molecule has 0 saturated carbocycles. The van der Waals surface area contributed by atoms with Gasteiger partial charge in [-0.15, -0.1) is 0 Å². The van der Waals surface area contributed by atoms with Gasteiger partial charge in [-0.05, 0) is 32.8 Å². The SMILES string of the molecule is CN=C(NCCn1cc([N+](=O)[O-])cn1)NC(C)Cc1c(C)nn(C)c1C. The maximum absolute atomic E-state index is 10.7. The second-order valence-electron chi connectivity index (χ2n) is 6.24. The summed E-state index contributed by atoms with van der Waals surface area (Å²) in [6.45, 7) is 7.24. The Kier molecular flexibility index (Phi) is 6.31. The Morgan fingerprint density at radius 3 is 2.73 bits per heavy atom. The second kappa shape index (κ2) is 8.45. The van der Waals surface area contributed by atoms with Crippen molar-refractivity contribution in [3.8, 4) is 0 Å². The third-order valence-corrected chi connectivity index (χ3v) is 4.24. The predicted octanol–water partition coefficient (Wildman–Crippen LogP) is 0.938. The molecule has 0 fully saturated rings. The molecule has 0 aliphatic carbocycles. The maximum Gasteiger partial charge on any atom is 0.306 e. The number of nitrogens with zero attached hydrogens (tertiary/aromatic N) is 6. The summed E-state index contributed by atoms with van der Waals surface area (Å²) in [6.07, 6.45) is 3.50. The molecular weight excluding hydrogens is 336 g/mol. The summed E-state index contributed by atoms with van der Waals surface area (Å²) < 4.78 is 3.43. The lowest BCUT2D eigenvalue weighted by molar-refractivity contribution is -0.385. The molecule has 1 unspecified atom stereocenters. The van der Waals surface area contributed by atoms with Crippen molar-refractivity contribution in [2.75, 3.05) is 13.6 Å². The molecule has 0 radical (unpaired) electrons. The Hall–Kier alpha value is -2.91. The van der Waals surface area contributed by atoms with Gasteiger partial charge in [0, 0.05) is 32.4 Å². The third-order valence-electron chi connectivity index (χ3n) is 4.24. The molecule has 1 atom stereocenters. The van der Waals surface area contributed by atoms with Crippen LogP contribution in [0.5, 0.6) is 0 Å². The van der Waals surface area contributed by atoms with E-state index >= 15 is 0 Å². The highest BCUT2D eigenvalue weighted by Gasteiger charge is 2.14. The van der Waals surface area contributed by atoms with E-state index in [0.29, 0.717) is 19.0 Å². The Balaban J connectivity index is 1.83. The van der Waals surface area contributed by atoms with Crippen LogP contribution in [0.15, 0.2) is 17.4 Å². The van der Waals surface area contributed by atoms with E-state index in [1.165, 1.54) is 28.3 Å². The number of guanidine groups is 1. The van der Waals surface area contributed by atoms with Gasteiger partial charge >= 0.3 is 5.69 Å². The summed E-state index contributed by atoms with van der Waals surface area (Å²) in [5, 5.41) is 25.6. The summed E-state index contributed by atoms with van der Waals surface area (Å²) in [5.41, 5.74) is 3.44. The van der Waals surface area contributed by atoms with E-state index in [-0.39, 0.29) is 11.7 Å². The molecule has 0 amide bonds. The van der Waals surface area contributed by atoms with E-state index in [9.17, 15) is 10.1 Å². The van der Waals surface area contributed by atoms with Crippen molar-refractivity contribution in [3.05, 3.63) is 39.5 Å².